The van der Waals surface area contributed by atoms with Crippen molar-refractivity contribution in [1.82, 2.24) is 9.78 Å². The van der Waals surface area contributed by atoms with E-state index in [1.807, 2.05) is 0 Å². The van der Waals surface area contributed by atoms with E-state index in [1.54, 1.807) is 49.4 Å². The first-order chi connectivity index (χ1) is 15.2. The maximum atomic E-state index is 13.9. The van der Waals surface area contributed by atoms with E-state index in [2.05, 4.69) is 15.7 Å². The molecule has 0 unspecified atom stereocenters. The second kappa shape index (κ2) is 8.38. The minimum absolute atomic E-state index is 0.118. The predicted molar refractivity (Wildman–Crippen MR) is 115 cm³/mol. The largest absolute Gasteiger partial charge is 0.497 e. The van der Waals surface area contributed by atoms with Crippen molar-refractivity contribution in [3.63, 3.8) is 0 Å². The SMILES string of the molecule is COc1ccc([C@@H]2C[C@H](C(F)(F)F)n3nc(C(=O)Nc4cccc(Cl)c4C)cc3N2)cc1. The van der Waals surface area contributed by atoms with Crippen LogP contribution in [0.15, 0.2) is 48.5 Å². The summed E-state index contributed by atoms with van der Waals surface area (Å²) in [6.07, 6.45) is -4.80. The van der Waals surface area contributed by atoms with Gasteiger partial charge in [0.1, 0.15) is 11.6 Å². The molecule has 6 nitrogen and oxygen atoms in total. The number of halogens is 4. The zero-order valence-electron chi connectivity index (χ0n) is 17.2. The smallest absolute Gasteiger partial charge is 0.410 e. The lowest BCUT2D eigenvalue weighted by atomic mass is 9.97. The van der Waals surface area contributed by atoms with E-state index in [0.29, 0.717) is 27.6 Å². The highest BCUT2D eigenvalue weighted by Crippen LogP contribution is 2.43. The number of nitrogens with one attached hydrogen (secondary N) is 2. The third-order valence-corrected chi connectivity index (χ3v) is 5.87. The van der Waals surface area contributed by atoms with E-state index in [9.17, 15) is 18.0 Å². The van der Waals surface area contributed by atoms with Crippen LogP contribution >= 0.6 is 11.6 Å². The Morgan fingerprint density at radius 3 is 2.62 bits per heavy atom. The first-order valence-electron chi connectivity index (χ1n) is 9.80. The van der Waals surface area contributed by atoms with Crippen LogP contribution in [0.5, 0.6) is 5.75 Å². The lowest BCUT2D eigenvalue weighted by molar-refractivity contribution is -0.173. The van der Waals surface area contributed by atoms with Crippen molar-refractivity contribution in [3.05, 3.63) is 70.4 Å². The molecule has 0 radical (unpaired) electrons. The summed E-state index contributed by atoms with van der Waals surface area (Å²) in [6.45, 7) is 1.73. The number of fused-ring (bicyclic) bond motifs is 1. The minimum Gasteiger partial charge on any atom is -0.497 e. The van der Waals surface area contributed by atoms with Crippen molar-refractivity contribution in [1.29, 1.82) is 0 Å². The average Bonchev–Trinajstić information content (AvgIpc) is 3.20. The van der Waals surface area contributed by atoms with E-state index < -0.39 is 24.2 Å². The number of hydrogen-bond acceptors (Lipinski definition) is 4. The first-order valence-corrected chi connectivity index (χ1v) is 10.2. The highest BCUT2D eigenvalue weighted by Gasteiger charge is 2.46. The predicted octanol–water partition coefficient (Wildman–Crippen LogP) is 5.77. The number of nitrogens with zero attached hydrogens (tertiary/aromatic N) is 2. The van der Waals surface area contributed by atoms with Gasteiger partial charge in [0.2, 0.25) is 0 Å². The Hall–Kier alpha value is -3.20. The molecule has 1 aliphatic rings. The van der Waals surface area contributed by atoms with Gasteiger partial charge in [-0.15, -0.1) is 0 Å². The highest BCUT2D eigenvalue weighted by molar-refractivity contribution is 6.31. The molecule has 0 spiro atoms. The molecule has 32 heavy (non-hydrogen) atoms. The Kier molecular flexibility index (Phi) is 5.77. The number of carbonyl (C=O) groups is 1. The van der Waals surface area contributed by atoms with Crippen molar-refractivity contribution in [3.8, 4) is 5.75 Å². The normalized spacial score (nSPS) is 17.9. The highest BCUT2D eigenvalue weighted by atomic mass is 35.5. The summed E-state index contributed by atoms with van der Waals surface area (Å²) >= 11 is 6.07. The number of ether oxygens (including phenoxy) is 1. The van der Waals surface area contributed by atoms with Crippen LogP contribution < -0.4 is 15.4 Å². The summed E-state index contributed by atoms with van der Waals surface area (Å²) in [5.74, 6) is 0.102. The molecule has 0 fully saturated rings. The third-order valence-electron chi connectivity index (χ3n) is 5.46. The van der Waals surface area contributed by atoms with Crippen LogP contribution in [-0.4, -0.2) is 29.0 Å². The molecule has 2 heterocycles. The van der Waals surface area contributed by atoms with Crippen LogP contribution in [0.4, 0.5) is 24.7 Å². The number of rotatable bonds is 4. The second-order valence-electron chi connectivity index (χ2n) is 7.49. The number of benzene rings is 2. The molecule has 2 atom stereocenters. The standard InChI is InChI=1S/C22H20ClF3N4O2/c1-12-15(23)4-3-5-16(12)28-21(31)18-11-20-27-17(13-6-8-14(32-2)9-7-13)10-19(22(24,25)26)30(20)29-18/h3-9,11,17,19,27H,10H2,1-2H3,(H,28,31)/t17-,19+/m0/s1. The molecule has 2 N–H and O–H groups in total. The Bertz CT molecular complexity index is 1150. The Balaban J connectivity index is 1.64. The van der Waals surface area contributed by atoms with Crippen LogP contribution in [0.2, 0.25) is 5.02 Å². The Labute approximate surface area is 187 Å². The van der Waals surface area contributed by atoms with Crippen LogP contribution in [0.25, 0.3) is 0 Å². The number of anilines is 2. The van der Waals surface area contributed by atoms with Crippen molar-refractivity contribution < 1.29 is 22.7 Å². The van der Waals surface area contributed by atoms with Gasteiger partial charge in [0.25, 0.3) is 5.91 Å². The number of methoxy groups -OCH3 is 1. The van der Waals surface area contributed by atoms with Crippen molar-refractivity contribution >= 4 is 29.0 Å². The number of hydrogen-bond donors (Lipinski definition) is 2. The van der Waals surface area contributed by atoms with E-state index in [4.69, 9.17) is 16.3 Å². The summed E-state index contributed by atoms with van der Waals surface area (Å²) in [6, 6.07) is 10.7. The minimum atomic E-state index is -4.54. The number of amides is 1. The van der Waals surface area contributed by atoms with E-state index in [1.165, 1.54) is 13.2 Å². The molecule has 10 heteroatoms. The van der Waals surface area contributed by atoms with Gasteiger partial charge in [0.05, 0.1) is 13.2 Å². The second-order valence-corrected chi connectivity index (χ2v) is 7.90. The Morgan fingerprint density at radius 2 is 1.97 bits per heavy atom. The van der Waals surface area contributed by atoms with Gasteiger partial charge in [-0.05, 0) is 42.3 Å². The third kappa shape index (κ3) is 4.25. The summed E-state index contributed by atoms with van der Waals surface area (Å²) < 4.78 is 47.5. The summed E-state index contributed by atoms with van der Waals surface area (Å²) in [7, 11) is 1.52. The molecule has 4 rings (SSSR count). The fraction of sp³-hybridized carbons (Fsp3) is 0.273. The molecule has 1 aliphatic heterocycles. The summed E-state index contributed by atoms with van der Waals surface area (Å²) in [5, 5.41) is 10.2. The van der Waals surface area contributed by atoms with Crippen LogP contribution in [-0.2, 0) is 0 Å². The molecule has 0 aliphatic carbocycles. The van der Waals surface area contributed by atoms with Gasteiger partial charge >= 0.3 is 6.18 Å². The number of carbonyl (C=O) groups excluding carboxylic acids is 1. The van der Waals surface area contributed by atoms with E-state index >= 15 is 0 Å². The lowest BCUT2D eigenvalue weighted by Gasteiger charge is -2.33. The molecular weight excluding hydrogens is 445 g/mol. The van der Waals surface area contributed by atoms with E-state index in [-0.39, 0.29) is 17.9 Å². The zero-order chi connectivity index (χ0) is 23.0. The quantitative estimate of drug-likeness (QED) is 0.514. The first kappa shape index (κ1) is 22.0. The van der Waals surface area contributed by atoms with Gasteiger partial charge in [-0.1, -0.05) is 29.8 Å². The monoisotopic (exact) mass is 464 g/mol. The van der Waals surface area contributed by atoms with Gasteiger partial charge in [-0.3, -0.25) is 4.79 Å². The van der Waals surface area contributed by atoms with Crippen molar-refractivity contribution in [2.75, 3.05) is 17.7 Å². The lowest BCUT2D eigenvalue weighted by Crippen LogP contribution is -2.35. The summed E-state index contributed by atoms with van der Waals surface area (Å²) in [4.78, 5) is 12.7. The van der Waals surface area contributed by atoms with Gasteiger partial charge < -0.3 is 15.4 Å². The van der Waals surface area contributed by atoms with Gasteiger partial charge in [0, 0.05) is 23.2 Å². The molecule has 1 amide bonds. The topological polar surface area (TPSA) is 68.2 Å². The fourth-order valence-corrected chi connectivity index (χ4v) is 3.84. The molecule has 1 aromatic heterocycles. The molecular formula is C22H20ClF3N4O2. The molecule has 168 valence electrons. The average molecular weight is 465 g/mol. The van der Waals surface area contributed by atoms with Gasteiger partial charge in [0.15, 0.2) is 11.7 Å². The van der Waals surface area contributed by atoms with Crippen molar-refractivity contribution in [2.24, 2.45) is 0 Å². The number of aromatic nitrogens is 2. The Morgan fingerprint density at radius 1 is 1.25 bits per heavy atom. The van der Waals surface area contributed by atoms with E-state index in [0.717, 1.165) is 4.68 Å². The number of alkyl halides is 3. The van der Waals surface area contributed by atoms with Gasteiger partial charge in [-0.25, -0.2) is 4.68 Å². The molecule has 0 saturated carbocycles. The maximum absolute atomic E-state index is 13.9. The summed E-state index contributed by atoms with van der Waals surface area (Å²) in [5.41, 5.74) is 1.66. The van der Waals surface area contributed by atoms with Crippen LogP contribution in [0.3, 0.4) is 0 Å². The molecule has 3 aromatic rings. The molecule has 0 saturated heterocycles. The van der Waals surface area contributed by atoms with Crippen molar-refractivity contribution in [2.45, 2.75) is 31.6 Å². The zero-order valence-corrected chi connectivity index (χ0v) is 18.0. The molecule has 0 bridgehead atoms. The van der Waals surface area contributed by atoms with Crippen LogP contribution in [0, 0.1) is 6.92 Å². The maximum Gasteiger partial charge on any atom is 0.410 e. The van der Waals surface area contributed by atoms with Gasteiger partial charge in [-0.2, -0.15) is 18.3 Å². The molecule has 2 aromatic carbocycles. The fourth-order valence-electron chi connectivity index (χ4n) is 3.67. The van der Waals surface area contributed by atoms with Crippen LogP contribution in [0.1, 0.15) is 40.1 Å².